The van der Waals surface area contributed by atoms with Gasteiger partial charge >= 0.3 is 18.2 Å². The van der Waals surface area contributed by atoms with Crippen molar-refractivity contribution in [3.8, 4) is 0 Å². The summed E-state index contributed by atoms with van der Waals surface area (Å²) in [5, 5.41) is 0. The predicted octanol–water partition coefficient (Wildman–Crippen LogP) is 1.64. The predicted molar refractivity (Wildman–Crippen MR) is 105 cm³/mol. The second kappa shape index (κ2) is 9.67. The Kier molecular flexibility index (Phi) is 7.19. The first-order valence-corrected chi connectivity index (χ1v) is 9.84. The van der Waals surface area contributed by atoms with Crippen LogP contribution in [0.15, 0.2) is 30.3 Å². The monoisotopic (exact) mass is 434 g/mol. The quantitative estimate of drug-likeness (QED) is 0.296. The van der Waals surface area contributed by atoms with E-state index < -0.39 is 54.3 Å². The van der Waals surface area contributed by atoms with Gasteiger partial charge < -0.3 is 34.0 Å². The number of methoxy groups -OCH3 is 1. The Morgan fingerprint density at radius 3 is 2.45 bits per heavy atom. The van der Waals surface area contributed by atoms with Gasteiger partial charge in [0.2, 0.25) is 0 Å². The highest BCUT2D eigenvalue weighted by atomic mass is 16.8. The molecule has 1 aromatic rings. The summed E-state index contributed by atoms with van der Waals surface area (Å²) in [5.74, 6) is -1.48. The summed E-state index contributed by atoms with van der Waals surface area (Å²) >= 11 is 0. The molecule has 1 aromatic carbocycles. The normalized spacial score (nSPS) is 30.5. The Balaban J connectivity index is 1.92. The largest absolute Gasteiger partial charge is 0.455 e. The van der Waals surface area contributed by atoms with Crippen LogP contribution in [-0.2, 0) is 38.0 Å². The zero-order chi connectivity index (χ0) is 22.6. The highest BCUT2D eigenvalue weighted by Crippen LogP contribution is 2.37. The van der Waals surface area contributed by atoms with Crippen LogP contribution in [0.2, 0.25) is 0 Å². The van der Waals surface area contributed by atoms with Crippen molar-refractivity contribution < 1.29 is 42.8 Å². The number of carbonyl (C=O) groups excluding carboxylic acids is 2. The lowest BCUT2D eigenvalue weighted by Gasteiger charge is -2.48. The molecule has 2 heterocycles. The lowest BCUT2D eigenvalue weighted by atomic mass is 9.94. The molecule has 0 N–H and O–H groups in total. The van der Waals surface area contributed by atoms with E-state index >= 15 is 0 Å². The summed E-state index contributed by atoms with van der Waals surface area (Å²) in [4.78, 5) is 27.4. The van der Waals surface area contributed by atoms with E-state index in [0.29, 0.717) is 6.21 Å². The van der Waals surface area contributed by atoms with E-state index in [1.807, 2.05) is 30.3 Å². The van der Waals surface area contributed by atoms with Gasteiger partial charge in [-0.05, 0) is 20.8 Å². The van der Waals surface area contributed by atoms with Crippen LogP contribution in [0.3, 0.4) is 0 Å². The molecule has 0 spiro atoms. The number of ether oxygens (including phenoxy) is 6. The Bertz CT molecular complexity index is 834. The molecule has 6 atom stereocenters. The van der Waals surface area contributed by atoms with E-state index in [0.717, 1.165) is 5.56 Å². The van der Waals surface area contributed by atoms with Crippen molar-refractivity contribution in [3.05, 3.63) is 41.4 Å². The van der Waals surface area contributed by atoms with Gasteiger partial charge in [-0.25, -0.2) is 4.79 Å². The van der Waals surface area contributed by atoms with Crippen molar-refractivity contribution in [1.29, 1.82) is 0 Å². The summed E-state index contributed by atoms with van der Waals surface area (Å²) < 4.78 is 34.2. The van der Waals surface area contributed by atoms with Gasteiger partial charge in [0.05, 0.1) is 12.0 Å². The van der Waals surface area contributed by atoms with Crippen molar-refractivity contribution in [2.24, 2.45) is 5.41 Å². The molecule has 0 amide bonds. The summed E-state index contributed by atoms with van der Waals surface area (Å²) in [6.45, 7) is 5.26. The zero-order valence-electron chi connectivity index (χ0n) is 17.8. The van der Waals surface area contributed by atoms with E-state index in [2.05, 4.69) is 4.79 Å². The molecule has 0 saturated carbocycles. The van der Waals surface area contributed by atoms with Crippen LogP contribution in [0.4, 0.5) is 0 Å². The smallest absolute Gasteiger partial charge is 0.414 e. The average Bonchev–Trinajstić information content (AvgIpc) is 2.74. The van der Waals surface area contributed by atoms with Gasteiger partial charge in [-0.1, -0.05) is 30.3 Å². The number of hydrogen-bond donors (Lipinski definition) is 0. The third-order valence-corrected chi connectivity index (χ3v) is 4.86. The Labute approximate surface area is 179 Å². The van der Waals surface area contributed by atoms with Crippen LogP contribution in [0.1, 0.15) is 32.6 Å². The second-order valence-electron chi connectivity index (χ2n) is 8.22. The lowest BCUT2D eigenvalue weighted by molar-refractivity contribution is -0.359. The van der Waals surface area contributed by atoms with Gasteiger partial charge in [-0.15, -0.1) is 0 Å². The number of carbonyl (C=O) groups is 2. The number of rotatable bonds is 5. The minimum Gasteiger partial charge on any atom is -0.455 e. The first-order chi connectivity index (χ1) is 14.7. The van der Waals surface area contributed by atoms with Gasteiger partial charge in [0.15, 0.2) is 24.8 Å². The van der Waals surface area contributed by atoms with E-state index in [1.54, 1.807) is 20.8 Å². The first-order valence-electron chi connectivity index (χ1n) is 9.84. The fourth-order valence-electron chi connectivity index (χ4n) is 3.29. The fraction of sp³-hybridized carbons (Fsp3) is 0.571. The number of nitrogens with zero attached hydrogens (tertiary/aromatic N) is 2. The van der Waals surface area contributed by atoms with Crippen LogP contribution < -0.4 is 0 Å². The van der Waals surface area contributed by atoms with Crippen molar-refractivity contribution in [2.75, 3.05) is 13.7 Å². The third-order valence-electron chi connectivity index (χ3n) is 4.86. The molecule has 2 saturated heterocycles. The number of benzene rings is 1. The van der Waals surface area contributed by atoms with Crippen molar-refractivity contribution >= 4 is 18.2 Å². The standard InChI is InChI=1S/C21H26N2O8/c1-21(2,3)20(25)31-16-15-13(11-27-18(30-15)12-8-6-5-7-9-12)28-19(26-4)17(16)29-14(24)10-23-22/h5-10,13,15-19H,11H2,1-4H3/t13-,15-,16+,17-,18?,19-/m1/s1. The van der Waals surface area contributed by atoms with Crippen molar-refractivity contribution in [2.45, 2.75) is 57.8 Å². The molecule has 2 aliphatic heterocycles. The number of fused-ring (bicyclic) bond motifs is 1. The number of esters is 2. The van der Waals surface area contributed by atoms with Crippen molar-refractivity contribution in [3.63, 3.8) is 0 Å². The molecule has 10 heteroatoms. The van der Waals surface area contributed by atoms with Crippen LogP contribution in [0.25, 0.3) is 5.53 Å². The highest BCUT2D eigenvalue weighted by molar-refractivity contribution is 6.20. The molecule has 0 radical (unpaired) electrons. The van der Waals surface area contributed by atoms with E-state index in [1.165, 1.54) is 7.11 Å². The SMILES string of the molecule is CO[C@@H]1O[C@@H]2COC(c3ccccc3)O[C@H]2[C@H](OC(=O)C(C)(C)C)[C@H]1OC(=O)C=[N+]=[N-]. The van der Waals surface area contributed by atoms with Gasteiger partial charge in [-0.3, -0.25) is 4.79 Å². The van der Waals surface area contributed by atoms with Gasteiger partial charge in [-0.2, -0.15) is 4.79 Å². The van der Waals surface area contributed by atoms with E-state index in [4.69, 9.17) is 34.0 Å². The minimum absolute atomic E-state index is 0.145. The molecule has 0 bridgehead atoms. The summed E-state index contributed by atoms with van der Waals surface area (Å²) in [7, 11) is 1.37. The van der Waals surface area contributed by atoms with Crippen LogP contribution in [0, 0.1) is 5.41 Å². The Hall–Kier alpha value is -2.62. The molecule has 2 aliphatic rings. The average molecular weight is 434 g/mol. The third kappa shape index (κ3) is 5.36. The molecule has 1 unspecified atom stereocenters. The van der Waals surface area contributed by atoms with Crippen LogP contribution in [-0.4, -0.2) is 67.4 Å². The molecule has 10 nitrogen and oxygen atoms in total. The molecule has 0 aromatic heterocycles. The summed E-state index contributed by atoms with van der Waals surface area (Å²) in [6, 6.07) is 9.26. The Morgan fingerprint density at radius 1 is 1.13 bits per heavy atom. The fourth-order valence-corrected chi connectivity index (χ4v) is 3.29. The molecule has 168 valence electrons. The maximum atomic E-state index is 12.7. The summed E-state index contributed by atoms with van der Waals surface area (Å²) in [5.41, 5.74) is 8.59. The molecule has 3 rings (SSSR count). The lowest BCUT2D eigenvalue weighted by Crippen LogP contribution is -2.64. The van der Waals surface area contributed by atoms with E-state index in [9.17, 15) is 9.59 Å². The molecule has 0 aliphatic carbocycles. The highest BCUT2D eigenvalue weighted by Gasteiger charge is 2.54. The number of hydrogen-bond acceptors (Lipinski definition) is 8. The van der Waals surface area contributed by atoms with Gasteiger partial charge in [0.1, 0.15) is 12.2 Å². The zero-order valence-corrected chi connectivity index (χ0v) is 17.8. The topological polar surface area (TPSA) is 126 Å². The van der Waals surface area contributed by atoms with Crippen LogP contribution in [0.5, 0.6) is 0 Å². The van der Waals surface area contributed by atoms with E-state index in [-0.39, 0.29) is 6.61 Å². The maximum Gasteiger partial charge on any atom is 0.414 e. The van der Waals surface area contributed by atoms with Gasteiger partial charge in [0, 0.05) is 12.7 Å². The Morgan fingerprint density at radius 2 is 1.84 bits per heavy atom. The molecular formula is C21H26N2O8. The maximum absolute atomic E-state index is 12.7. The molecular weight excluding hydrogens is 408 g/mol. The van der Waals surface area contributed by atoms with Crippen LogP contribution >= 0.6 is 0 Å². The minimum atomic E-state index is -1.17. The summed E-state index contributed by atoms with van der Waals surface area (Å²) in [6.07, 6.45) is -4.87. The molecule has 2 fully saturated rings. The first kappa shape index (κ1) is 23.1. The molecule has 31 heavy (non-hydrogen) atoms. The second-order valence-corrected chi connectivity index (χ2v) is 8.22. The van der Waals surface area contributed by atoms with Gasteiger partial charge in [0.25, 0.3) is 0 Å². The van der Waals surface area contributed by atoms with Crippen molar-refractivity contribution in [1.82, 2.24) is 0 Å².